The molecule has 4 rings (SSSR count). The molecule has 2 aromatic heterocycles. The SMILES string of the molecule is Cn1nc(-c2ccccc2)cc1C(=O)N1CC[C@H]1c1cccs1. The van der Waals surface area contributed by atoms with Crippen molar-refractivity contribution in [2.24, 2.45) is 7.05 Å². The van der Waals surface area contributed by atoms with Crippen molar-refractivity contribution < 1.29 is 4.79 Å². The normalized spacial score (nSPS) is 17.1. The molecule has 1 atom stereocenters. The summed E-state index contributed by atoms with van der Waals surface area (Å²) in [6.07, 6.45) is 1.04. The minimum atomic E-state index is 0.0619. The molecule has 3 heterocycles. The Bertz CT molecular complexity index is 823. The molecular formula is C18H17N3OS. The highest BCUT2D eigenvalue weighted by molar-refractivity contribution is 7.10. The van der Waals surface area contributed by atoms with Gasteiger partial charge in [0.1, 0.15) is 5.69 Å². The van der Waals surface area contributed by atoms with Gasteiger partial charge in [-0.25, -0.2) is 0 Å². The van der Waals surface area contributed by atoms with Crippen LogP contribution in [0.1, 0.15) is 27.8 Å². The smallest absolute Gasteiger partial charge is 0.272 e. The lowest BCUT2D eigenvalue weighted by Gasteiger charge is -2.40. The quantitative estimate of drug-likeness (QED) is 0.736. The highest BCUT2D eigenvalue weighted by Crippen LogP contribution is 2.37. The lowest BCUT2D eigenvalue weighted by Crippen LogP contribution is -2.45. The topological polar surface area (TPSA) is 38.1 Å². The Morgan fingerprint density at radius 1 is 1.22 bits per heavy atom. The molecule has 0 spiro atoms. The zero-order valence-corrected chi connectivity index (χ0v) is 13.7. The lowest BCUT2D eigenvalue weighted by atomic mass is 10.0. The average Bonchev–Trinajstić information content (AvgIpc) is 3.17. The molecule has 1 aliphatic rings. The van der Waals surface area contributed by atoms with E-state index in [9.17, 15) is 4.79 Å². The number of rotatable bonds is 3. The zero-order valence-electron chi connectivity index (χ0n) is 12.8. The first-order valence-corrected chi connectivity index (χ1v) is 8.56. The minimum Gasteiger partial charge on any atom is -0.329 e. The monoisotopic (exact) mass is 323 g/mol. The van der Waals surface area contributed by atoms with E-state index >= 15 is 0 Å². The number of aromatic nitrogens is 2. The summed E-state index contributed by atoms with van der Waals surface area (Å²) in [5.74, 6) is 0.0619. The molecule has 5 heteroatoms. The van der Waals surface area contributed by atoms with Crippen molar-refractivity contribution in [2.75, 3.05) is 6.54 Å². The van der Waals surface area contributed by atoms with E-state index < -0.39 is 0 Å². The van der Waals surface area contributed by atoms with E-state index in [2.05, 4.69) is 16.5 Å². The Kier molecular flexibility index (Phi) is 3.50. The van der Waals surface area contributed by atoms with Gasteiger partial charge in [-0.15, -0.1) is 11.3 Å². The molecule has 116 valence electrons. The van der Waals surface area contributed by atoms with Crippen LogP contribution in [0.4, 0.5) is 0 Å². The van der Waals surface area contributed by atoms with E-state index in [0.717, 1.165) is 24.2 Å². The van der Waals surface area contributed by atoms with Gasteiger partial charge in [-0.1, -0.05) is 36.4 Å². The molecule has 0 radical (unpaired) electrons. The van der Waals surface area contributed by atoms with Crippen LogP contribution in [0, 0.1) is 0 Å². The van der Waals surface area contributed by atoms with Gasteiger partial charge in [0.25, 0.3) is 5.91 Å². The van der Waals surface area contributed by atoms with Crippen LogP contribution in [0.25, 0.3) is 11.3 Å². The standard InChI is InChI=1S/C18H17N3OS/c1-20-16(12-14(19-20)13-6-3-2-4-7-13)18(22)21-10-9-15(21)17-8-5-11-23-17/h2-8,11-12,15H,9-10H2,1H3/t15-/m0/s1. The third-order valence-corrected chi connectivity index (χ3v) is 5.29. The number of thiophene rings is 1. The van der Waals surface area contributed by atoms with Crippen LogP contribution in [0.2, 0.25) is 0 Å². The van der Waals surface area contributed by atoms with Crippen LogP contribution in [0.3, 0.4) is 0 Å². The van der Waals surface area contributed by atoms with Crippen molar-refractivity contribution in [3.05, 3.63) is 64.5 Å². The fraction of sp³-hybridized carbons (Fsp3) is 0.222. The third-order valence-electron chi connectivity index (χ3n) is 4.32. The van der Waals surface area contributed by atoms with Crippen LogP contribution in [-0.4, -0.2) is 27.1 Å². The first-order chi connectivity index (χ1) is 11.2. The molecular weight excluding hydrogens is 306 g/mol. The second-order valence-electron chi connectivity index (χ2n) is 5.72. The minimum absolute atomic E-state index is 0.0619. The second-order valence-corrected chi connectivity index (χ2v) is 6.70. The Labute approximate surface area is 139 Å². The number of carbonyl (C=O) groups is 1. The molecule has 1 fully saturated rings. The Hall–Kier alpha value is -2.40. The van der Waals surface area contributed by atoms with Gasteiger partial charge in [-0.3, -0.25) is 9.48 Å². The first kappa shape index (κ1) is 14.2. The molecule has 0 bridgehead atoms. The Morgan fingerprint density at radius 3 is 2.70 bits per heavy atom. The van der Waals surface area contributed by atoms with E-state index in [1.54, 1.807) is 16.0 Å². The molecule has 0 saturated carbocycles. The van der Waals surface area contributed by atoms with E-state index in [4.69, 9.17) is 0 Å². The number of nitrogens with zero attached hydrogens (tertiary/aromatic N) is 3. The summed E-state index contributed by atoms with van der Waals surface area (Å²) in [5.41, 5.74) is 2.51. The number of aryl methyl sites for hydroxylation is 1. The van der Waals surface area contributed by atoms with E-state index in [1.165, 1.54) is 4.88 Å². The molecule has 0 unspecified atom stereocenters. The number of likely N-dealkylation sites (tertiary alicyclic amines) is 1. The molecule has 23 heavy (non-hydrogen) atoms. The predicted octanol–water partition coefficient (Wildman–Crippen LogP) is 3.74. The maximum Gasteiger partial charge on any atom is 0.272 e. The summed E-state index contributed by atoms with van der Waals surface area (Å²) < 4.78 is 1.69. The fourth-order valence-electron chi connectivity index (χ4n) is 2.97. The maximum absolute atomic E-state index is 12.9. The maximum atomic E-state index is 12.9. The summed E-state index contributed by atoms with van der Waals surface area (Å²) in [7, 11) is 1.83. The van der Waals surface area contributed by atoms with Crippen LogP contribution in [-0.2, 0) is 7.05 Å². The second kappa shape index (κ2) is 5.66. The number of benzene rings is 1. The largest absolute Gasteiger partial charge is 0.329 e. The molecule has 3 aromatic rings. The molecule has 4 nitrogen and oxygen atoms in total. The summed E-state index contributed by atoms with van der Waals surface area (Å²) >= 11 is 1.71. The molecule has 0 N–H and O–H groups in total. The number of carbonyl (C=O) groups excluding carboxylic acids is 1. The van der Waals surface area contributed by atoms with Crippen LogP contribution in [0.5, 0.6) is 0 Å². The summed E-state index contributed by atoms with van der Waals surface area (Å²) in [6.45, 7) is 0.813. The molecule has 1 amide bonds. The number of hydrogen-bond donors (Lipinski definition) is 0. The van der Waals surface area contributed by atoms with Crippen molar-refractivity contribution in [3.63, 3.8) is 0 Å². The Balaban J connectivity index is 1.61. The van der Waals surface area contributed by atoms with Crippen molar-refractivity contribution in [1.82, 2.24) is 14.7 Å². The van der Waals surface area contributed by atoms with Gasteiger partial charge in [-0.05, 0) is 23.9 Å². The van der Waals surface area contributed by atoms with Crippen LogP contribution < -0.4 is 0 Å². The summed E-state index contributed by atoms with van der Waals surface area (Å²) in [4.78, 5) is 16.1. The van der Waals surface area contributed by atoms with E-state index in [0.29, 0.717) is 5.69 Å². The predicted molar refractivity (Wildman–Crippen MR) is 91.4 cm³/mol. The van der Waals surface area contributed by atoms with Crippen LogP contribution >= 0.6 is 11.3 Å². The molecule has 1 saturated heterocycles. The van der Waals surface area contributed by atoms with Gasteiger partial charge >= 0.3 is 0 Å². The number of hydrogen-bond acceptors (Lipinski definition) is 3. The highest BCUT2D eigenvalue weighted by Gasteiger charge is 2.35. The van der Waals surface area contributed by atoms with Gasteiger partial charge in [0.05, 0.1) is 11.7 Å². The van der Waals surface area contributed by atoms with E-state index in [1.807, 2.05) is 54.4 Å². The third kappa shape index (κ3) is 2.47. The van der Waals surface area contributed by atoms with Crippen LogP contribution in [0.15, 0.2) is 53.9 Å². The van der Waals surface area contributed by atoms with Gasteiger partial charge in [-0.2, -0.15) is 5.10 Å². The van der Waals surface area contributed by atoms with Crippen molar-refractivity contribution in [2.45, 2.75) is 12.5 Å². The van der Waals surface area contributed by atoms with Crippen molar-refractivity contribution in [3.8, 4) is 11.3 Å². The summed E-state index contributed by atoms with van der Waals surface area (Å²) in [5, 5.41) is 6.57. The zero-order chi connectivity index (χ0) is 15.8. The van der Waals surface area contributed by atoms with Gasteiger partial charge in [0.15, 0.2) is 0 Å². The highest BCUT2D eigenvalue weighted by atomic mass is 32.1. The lowest BCUT2D eigenvalue weighted by molar-refractivity contribution is 0.0456. The van der Waals surface area contributed by atoms with Gasteiger partial charge in [0.2, 0.25) is 0 Å². The summed E-state index contributed by atoms with van der Waals surface area (Å²) in [6, 6.07) is 16.2. The Morgan fingerprint density at radius 2 is 2.04 bits per heavy atom. The fourth-order valence-corrected chi connectivity index (χ4v) is 3.85. The van der Waals surface area contributed by atoms with Gasteiger partial charge in [0, 0.05) is 24.0 Å². The first-order valence-electron chi connectivity index (χ1n) is 7.68. The average molecular weight is 323 g/mol. The molecule has 0 aliphatic carbocycles. The molecule has 1 aromatic carbocycles. The van der Waals surface area contributed by atoms with Crippen molar-refractivity contribution in [1.29, 1.82) is 0 Å². The van der Waals surface area contributed by atoms with E-state index in [-0.39, 0.29) is 11.9 Å². The number of amides is 1. The van der Waals surface area contributed by atoms with Gasteiger partial charge < -0.3 is 4.90 Å². The molecule has 1 aliphatic heterocycles. The van der Waals surface area contributed by atoms with Crippen molar-refractivity contribution >= 4 is 17.2 Å².